The number of nitrogens with zero attached hydrogens (tertiary/aromatic N) is 1. The van der Waals surface area contributed by atoms with Crippen LogP contribution in [0.5, 0.6) is 0 Å². The predicted molar refractivity (Wildman–Crippen MR) is 67.0 cm³/mol. The molecule has 2 unspecified atom stereocenters. The third-order valence-electron chi connectivity index (χ3n) is 2.60. The normalized spacial score (nSPS) is 22.6. The summed E-state index contributed by atoms with van der Waals surface area (Å²) in [6.07, 6.45) is 4.03. The Morgan fingerprint density at radius 3 is 2.94 bits per heavy atom. The number of imidazole rings is 1. The van der Waals surface area contributed by atoms with Gasteiger partial charge in [0.25, 0.3) is 0 Å². The lowest BCUT2D eigenvalue weighted by Gasteiger charge is -2.19. The number of carbonyl (C=O) groups excluding carboxylic acids is 1. The Labute approximate surface area is 107 Å². The van der Waals surface area contributed by atoms with E-state index in [9.17, 15) is 4.79 Å². The Kier molecular flexibility index (Phi) is 3.56. The molecule has 2 rings (SSSR count). The summed E-state index contributed by atoms with van der Waals surface area (Å²) in [7, 11) is 0. The van der Waals surface area contributed by atoms with E-state index in [0.29, 0.717) is 6.04 Å². The Morgan fingerprint density at radius 1 is 1.56 bits per heavy atom. The zero-order valence-corrected chi connectivity index (χ0v) is 11.0. The minimum Gasteiger partial charge on any atom is -0.444 e. The van der Waals surface area contributed by atoms with Crippen LogP contribution in [0.3, 0.4) is 0 Å². The van der Waals surface area contributed by atoms with Crippen molar-refractivity contribution in [1.82, 2.24) is 20.6 Å². The molecule has 0 aromatic carbocycles. The molecule has 18 heavy (non-hydrogen) atoms. The van der Waals surface area contributed by atoms with Crippen LogP contribution in [-0.2, 0) is 11.3 Å². The number of hydrogen-bond acceptors (Lipinski definition) is 4. The Hall–Kier alpha value is -1.56. The smallest absolute Gasteiger partial charge is 0.407 e. The van der Waals surface area contributed by atoms with Crippen molar-refractivity contribution in [2.45, 2.75) is 51.4 Å². The van der Waals surface area contributed by atoms with E-state index in [2.05, 4.69) is 20.6 Å². The molecule has 100 valence electrons. The van der Waals surface area contributed by atoms with Crippen LogP contribution in [0, 0.1) is 0 Å². The van der Waals surface area contributed by atoms with Gasteiger partial charge in [-0.05, 0) is 27.2 Å². The number of ether oxygens (including phenoxy) is 1. The average Bonchev–Trinajstić information content (AvgIpc) is 2.76. The SMILES string of the molecule is CC(C)(C)OC(=O)NC1CC1NCc1cnc[nH]1. The summed E-state index contributed by atoms with van der Waals surface area (Å²) < 4.78 is 5.19. The highest BCUT2D eigenvalue weighted by molar-refractivity contribution is 5.68. The van der Waals surface area contributed by atoms with Gasteiger partial charge in [-0.2, -0.15) is 0 Å². The standard InChI is InChI=1S/C12H20N4O2/c1-12(2,3)18-11(17)16-10-4-9(10)14-6-8-5-13-7-15-8/h5,7,9-10,14H,4,6H2,1-3H3,(H,13,15)(H,16,17). The lowest BCUT2D eigenvalue weighted by molar-refractivity contribution is 0.0522. The first kappa shape index (κ1) is 12.9. The fraction of sp³-hybridized carbons (Fsp3) is 0.667. The quantitative estimate of drug-likeness (QED) is 0.751. The van der Waals surface area contributed by atoms with Gasteiger partial charge in [-0.3, -0.25) is 0 Å². The number of alkyl carbamates (subject to hydrolysis) is 1. The lowest BCUT2D eigenvalue weighted by Crippen LogP contribution is -2.36. The molecule has 6 nitrogen and oxygen atoms in total. The Balaban J connectivity index is 1.64. The number of nitrogens with one attached hydrogen (secondary N) is 3. The highest BCUT2D eigenvalue weighted by Gasteiger charge is 2.38. The van der Waals surface area contributed by atoms with Crippen molar-refractivity contribution in [3.63, 3.8) is 0 Å². The Morgan fingerprint density at radius 2 is 2.33 bits per heavy atom. The number of rotatable bonds is 4. The number of H-pyrrole nitrogens is 1. The molecule has 1 saturated carbocycles. The van der Waals surface area contributed by atoms with Crippen molar-refractivity contribution in [1.29, 1.82) is 0 Å². The first-order chi connectivity index (χ1) is 8.44. The van der Waals surface area contributed by atoms with Gasteiger partial charge >= 0.3 is 6.09 Å². The monoisotopic (exact) mass is 252 g/mol. The summed E-state index contributed by atoms with van der Waals surface area (Å²) in [5.74, 6) is 0. The van der Waals surface area contributed by atoms with Gasteiger partial charge < -0.3 is 20.4 Å². The largest absolute Gasteiger partial charge is 0.444 e. The first-order valence-electron chi connectivity index (χ1n) is 6.14. The summed E-state index contributed by atoms with van der Waals surface area (Å²) in [6.45, 7) is 6.30. The number of carbonyl (C=O) groups is 1. The Bertz CT molecular complexity index is 397. The zero-order chi connectivity index (χ0) is 13.2. The third-order valence-corrected chi connectivity index (χ3v) is 2.60. The van der Waals surface area contributed by atoms with Crippen LogP contribution in [0.1, 0.15) is 32.9 Å². The molecule has 1 aliphatic rings. The van der Waals surface area contributed by atoms with Crippen molar-refractivity contribution < 1.29 is 9.53 Å². The van der Waals surface area contributed by atoms with Crippen molar-refractivity contribution in [3.05, 3.63) is 18.2 Å². The van der Waals surface area contributed by atoms with Gasteiger partial charge in [0, 0.05) is 30.5 Å². The minimum absolute atomic E-state index is 0.169. The van der Waals surface area contributed by atoms with Crippen LogP contribution in [0.2, 0.25) is 0 Å². The van der Waals surface area contributed by atoms with E-state index in [1.165, 1.54) is 0 Å². The summed E-state index contributed by atoms with van der Waals surface area (Å²) in [5, 5.41) is 6.18. The second-order valence-electron chi connectivity index (χ2n) is 5.55. The molecule has 1 aliphatic carbocycles. The van der Waals surface area contributed by atoms with E-state index < -0.39 is 5.60 Å². The fourth-order valence-electron chi connectivity index (χ4n) is 1.66. The number of hydrogen-bond donors (Lipinski definition) is 3. The number of aromatic nitrogens is 2. The van der Waals surface area contributed by atoms with Gasteiger partial charge in [0.1, 0.15) is 5.60 Å². The second-order valence-corrected chi connectivity index (χ2v) is 5.55. The van der Waals surface area contributed by atoms with E-state index in [0.717, 1.165) is 18.7 Å². The average molecular weight is 252 g/mol. The molecule has 1 fully saturated rings. The molecule has 0 radical (unpaired) electrons. The zero-order valence-electron chi connectivity index (χ0n) is 11.0. The predicted octanol–water partition coefficient (Wildman–Crippen LogP) is 1.16. The molecule has 1 aromatic rings. The molecule has 3 N–H and O–H groups in total. The van der Waals surface area contributed by atoms with E-state index in [1.54, 1.807) is 12.5 Å². The van der Waals surface area contributed by atoms with E-state index in [1.807, 2.05) is 20.8 Å². The maximum Gasteiger partial charge on any atom is 0.407 e. The third kappa shape index (κ3) is 4.03. The van der Waals surface area contributed by atoms with Crippen LogP contribution in [0.15, 0.2) is 12.5 Å². The molecule has 1 amide bonds. The van der Waals surface area contributed by atoms with E-state index in [4.69, 9.17) is 4.74 Å². The first-order valence-corrected chi connectivity index (χ1v) is 6.14. The minimum atomic E-state index is -0.447. The number of amides is 1. The van der Waals surface area contributed by atoms with Gasteiger partial charge in [0.15, 0.2) is 0 Å². The van der Waals surface area contributed by atoms with Crippen LogP contribution in [0.25, 0.3) is 0 Å². The van der Waals surface area contributed by atoms with Crippen LogP contribution in [-0.4, -0.2) is 33.7 Å². The van der Waals surface area contributed by atoms with Crippen LogP contribution >= 0.6 is 0 Å². The maximum atomic E-state index is 11.5. The van der Waals surface area contributed by atoms with E-state index >= 15 is 0 Å². The summed E-state index contributed by atoms with van der Waals surface area (Å²) in [4.78, 5) is 18.5. The van der Waals surface area contributed by atoms with Crippen LogP contribution in [0.4, 0.5) is 4.79 Å². The van der Waals surface area contributed by atoms with Gasteiger partial charge in [-0.25, -0.2) is 9.78 Å². The summed E-state index contributed by atoms with van der Waals surface area (Å²) >= 11 is 0. The van der Waals surface area contributed by atoms with Gasteiger partial charge in [0.05, 0.1) is 6.33 Å². The summed E-state index contributed by atoms with van der Waals surface area (Å²) in [6, 6.07) is 0.489. The fourth-order valence-corrected chi connectivity index (χ4v) is 1.66. The highest BCUT2D eigenvalue weighted by Crippen LogP contribution is 2.22. The molecule has 1 aromatic heterocycles. The van der Waals surface area contributed by atoms with Crippen molar-refractivity contribution >= 4 is 6.09 Å². The molecule has 0 spiro atoms. The highest BCUT2D eigenvalue weighted by atomic mass is 16.6. The summed E-state index contributed by atoms with van der Waals surface area (Å²) in [5.41, 5.74) is 0.593. The molecular weight excluding hydrogens is 232 g/mol. The van der Waals surface area contributed by atoms with Crippen molar-refractivity contribution in [3.8, 4) is 0 Å². The van der Waals surface area contributed by atoms with E-state index in [-0.39, 0.29) is 12.1 Å². The van der Waals surface area contributed by atoms with Crippen molar-refractivity contribution in [2.24, 2.45) is 0 Å². The van der Waals surface area contributed by atoms with Crippen LogP contribution < -0.4 is 10.6 Å². The van der Waals surface area contributed by atoms with Gasteiger partial charge in [-0.15, -0.1) is 0 Å². The molecular formula is C12H20N4O2. The number of aromatic amines is 1. The second kappa shape index (κ2) is 4.97. The van der Waals surface area contributed by atoms with Crippen molar-refractivity contribution in [2.75, 3.05) is 0 Å². The topological polar surface area (TPSA) is 79.0 Å². The molecule has 6 heteroatoms. The van der Waals surface area contributed by atoms with Gasteiger partial charge in [-0.1, -0.05) is 0 Å². The molecule has 0 saturated heterocycles. The molecule has 1 heterocycles. The van der Waals surface area contributed by atoms with Gasteiger partial charge in [0.2, 0.25) is 0 Å². The molecule has 0 aliphatic heterocycles. The maximum absolute atomic E-state index is 11.5. The molecule has 0 bridgehead atoms. The lowest BCUT2D eigenvalue weighted by atomic mass is 10.2. The molecule has 2 atom stereocenters.